The third-order valence-corrected chi connectivity index (χ3v) is 10.1. The zero-order valence-corrected chi connectivity index (χ0v) is 36.7. The largest absolute Gasteiger partial charge is 0.512 e. The second-order valence-corrected chi connectivity index (χ2v) is 16.5. The van der Waals surface area contributed by atoms with Crippen LogP contribution in [0.15, 0.2) is 157 Å². The number of aliphatic hydroxyl groups is 1. The second kappa shape index (κ2) is 17.0. The number of nitrogens with zero attached hydrogens (tertiary/aromatic N) is 6. The summed E-state index contributed by atoms with van der Waals surface area (Å²) in [4.78, 5) is 14.9. The summed E-state index contributed by atoms with van der Waals surface area (Å²) in [5.74, 6) is 0.104. The van der Waals surface area contributed by atoms with Gasteiger partial charge in [0.2, 0.25) is 0 Å². The van der Waals surface area contributed by atoms with Gasteiger partial charge in [0.05, 0.1) is 0 Å². The van der Waals surface area contributed by atoms with Crippen LogP contribution in [0.4, 0.5) is 0 Å². The van der Waals surface area contributed by atoms with Crippen molar-refractivity contribution >= 4 is 70.9 Å². The maximum atomic E-state index is 11.5. The first-order chi connectivity index (χ1) is 28.3. The number of rotatable bonds is 3. The van der Waals surface area contributed by atoms with E-state index in [0.717, 1.165) is 55.0 Å². The first-order valence-electron chi connectivity index (χ1n) is 19.6. The van der Waals surface area contributed by atoms with Crippen LogP contribution in [-0.2, 0) is 24.9 Å². The van der Waals surface area contributed by atoms with E-state index >= 15 is 0 Å². The summed E-state index contributed by atoms with van der Waals surface area (Å²) in [6.07, 6.45) is 1.33. The Bertz CT molecular complexity index is 2930. The number of ketones is 1. The van der Waals surface area contributed by atoms with E-state index in [9.17, 15) is 9.90 Å². The van der Waals surface area contributed by atoms with E-state index in [0.29, 0.717) is 0 Å². The van der Waals surface area contributed by atoms with Gasteiger partial charge in [0.15, 0.2) is 5.78 Å². The van der Waals surface area contributed by atoms with Crippen LogP contribution < -0.4 is 0 Å². The van der Waals surface area contributed by atoms with Gasteiger partial charge < -0.3 is 5.11 Å². The van der Waals surface area contributed by atoms with Gasteiger partial charge in [-0.25, -0.2) is 0 Å². The Kier molecular flexibility index (Phi) is 11.8. The fourth-order valence-corrected chi connectivity index (χ4v) is 6.68. The zero-order chi connectivity index (χ0) is 41.3. The average molecular weight is 965 g/mol. The molecule has 0 amide bonds. The molecule has 2 aromatic heterocycles. The third kappa shape index (κ3) is 8.60. The second-order valence-electron chi connectivity index (χ2n) is 16.5. The Morgan fingerprint density at radius 2 is 0.767 bits per heavy atom. The molecule has 0 aliphatic carbocycles. The summed E-state index contributed by atoms with van der Waals surface area (Å²) in [5.41, 5.74) is 4.55. The minimum atomic E-state index is -0.417. The predicted octanol–water partition coefficient (Wildman–Crippen LogP) is 12.1. The first kappa shape index (κ1) is 41.6. The predicted molar refractivity (Wildman–Crippen MR) is 240 cm³/mol. The summed E-state index contributed by atoms with van der Waals surface area (Å²) < 4.78 is 0. The normalized spacial score (nSPS) is 11.9. The van der Waals surface area contributed by atoms with Crippen molar-refractivity contribution in [2.24, 2.45) is 10.8 Å². The van der Waals surface area contributed by atoms with E-state index in [1.807, 2.05) is 114 Å². The fourth-order valence-electron chi connectivity index (χ4n) is 6.68. The minimum absolute atomic E-state index is 0. The van der Waals surface area contributed by atoms with Gasteiger partial charge in [-0.05, 0) is 24.3 Å². The monoisotopic (exact) mass is 965 g/mol. The van der Waals surface area contributed by atoms with Crippen LogP contribution in [0, 0.1) is 23.0 Å². The molecule has 0 atom stereocenters. The standard InChI is InChI=1S/2C20H12N3.C11H20O2.Ir/c2*1-2-8-15-14(7-1)13-20(17-10-4-3-9-16(15)17)23-21-18-11-5-6-12-19(18)22-23;1-10(2,3)8(12)7-9(13)11(4,5)6;/h2*1-12H;7,12H,1-6H3;/q2*-1;;/b;;8-7-;. The molecular formula is C51H44IrN6O2-2. The topological polar surface area (TPSA) is 98.7 Å². The van der Waals surface area contributed by atoms with Crippen molar-refractivity contribution in [2.45, 2.75) is 41.5 Å². The Morgan fingerprint density at radius 1 is 0.467 bits per heavy atom. The summed E-state index contributed by atoms with van der Waals surface area (Å²) in [7, 11) is 0. The number of hydrogen-bond donors (Lipinski definition) is 1. The molecule has 0 saturated heterocycles. The maximum absolute atomic E-state index is 11.5. The molecule has 1 N–H and O–H groups in total. The van der Waals surface area contributed by atoms with Gasteiger partial charge in [-0.1, -0.05) is 160 Å². The quantitative estimate of drug-likeness (QED) is 0.0820. The van der Waals surface area contributed by atoms with Crippen LogP contribution in [-0.4, -0.2) is 40.9 Å². The van der Waals surface area contributed by atoms with Gasteiger partial charge >= 0.3 is 0 Å². The first-order valence-corrected chi connectivity index (χ1v) is 19.6. The van der Waals surface area contributed by atoms with E-state index < -0.39 is 5.41 Å². The SMILES string of the molecule is CC(C)(C)C(=O)/C=C(\O)C(C)(C)C.[Ir].[c-]1c(-n2nc3ccccc3n2)c2ccccc2c2ccccc12.[c-]1c(-n2nc3ccccc3n2)c2ccccc2c2ccccc12. The van der Waals surface area contributed by atoms with Gasteiger partial charge in [-0.2, -0.15) is 9.59 Å². The number of carbonyl (C=O) groups excluding carboxylic acids is 1. The van der Waals surface area contributed by atoms with Gasteiger partial charge in [0, 0.05) is 48.4 Å². The Morgan fingerprint density at radius 3 is 1.10 bits per heavy atom. The smallest absolute Gasteiger partial charge is 0.164 e. The van der Waals surface area contributed by atoms with Crippen LogP contribution >= 0.6 is 0 Å². The van der Waals surface area contributed by atoms with Crippen LogP contribution in [0.5, 0.6) is 0 Å². The zero-order valence-electron chi connectivity index (χ0n) is 34.3. The fraction of sp³-hybridized carbons (Fsp3) is 0.157. The number of benzene rings is 8. The summed E-state index contributed by atoms with van der Waals surface area (Å²) in [5, 5.41) is 37.1. The number of aromatic nitrogens is 6. The van der Waals surface area contributed by atoms with Gasteiger partial charge in [-0.3, -0.25) is 4.79 Å². The Hall–Kier alpha value is -6.54. The van der Waals surface area contributed by atoms with E-state index in [2.05, 4.69) is 105 Å². The third-order valence-electron chi connectivity index (χ3n) is 10.1. The molecule has 9 heteroatoms. The molecule has 60 heavy (non-hydrogen) atoms. The molecule has 1 radical (unpaired) electrons. The molecule has 2 heterocycles. The summed E-state index contributed by atoms with van der Waals surface area (Å²) >= 11 is 0. The molecule has 0 bridgehead atoms. The van der Waals surface area contributed by atoms with Crippen molar-refractivity contribution in [3.8, 4) is 11.4 Å². The maximum Gasteiger partial charge on any atom is 0.164 e. The molecule has 0 fully saturated rings. The number of aliphatic hydroxyl groups excluding tert-OH is 1. The molecule has 10 aromatic rings. The minimum Gasteiger partial charge on any atom is -0.512 e. The van der Waals surface area contributed by atoms with E-state index in [-0.39, 0.29) is 37.1 Å². The molecular weight excluding hydrogens is 921 g/mol. The molecule has 0 saturated carbocycles. The number of carbonyl (C=O) groups is 1. The number of fused-ring (bicyclic) bond motifs is 8. The average Bonchev–Trinajstić information content (AvgIpc) is 3.88. The van der Waals surface area contributed by atoms with Gasteiger partial charge in [0.25, 0.3) is 0 Å². The number of hydrogen-bond acceptors (Lipinski definition) is 6. The van der Waals surface area contributed by atoms with Crippen LogP contribution in [0.2, 0.25) is 0 Å². The van der Waals surface area contributed by atoms with Crippen LogP contribution in [0.1, 0.15) is 41.5 Å². The summed E-state index contributed by atoms with van der Waals surface area (Å²) in [6.45, 7) is 11.1. The van der Waals surface area contributed by atoms with Gasteiger partial charge in [-0.15, -0.1) is 78.3 Å². The van der Waals surface area contributed by atoms with Crippen LogP contribution in [0.3, 0.4) is 0 Å². The molecule has 8 aromatic carbocycles. The Balaban J connectivity index is 0.000000141. The molecule has 8 nitrogen and oxygen atoms in total. The van der Waals surface area contributed by atoms with E-state index in [1.54, 1.807) is 9.59 Å². The van der Waals surface area contributed by atoms with E-state index in [1.165, 1.54) is 27.6 Å². The van der Waals surface area contributed by atoms with Gasteiger partial charge in [0.1, 0.15) is 27.8 Å². The van der Waals surface area contributed by atoms with Crippen molar-refractivity contribution in [3.05, 3.63) is 170 Å². The van der Waals surface area contributed by atoms with Crippen molar-refractivity contribution in [3.63, 3.8) is 0 Å². The molecule has 0 spiro atoms. The Labute approximate surface area is 362 Å². The number of allylic oxidation sites excluding steroid dienone is 2. The van der Waals surface area contributed by atoms with Crippen molar-refractivity contribution in [2.75, 3.05) is 0 Å². The molecule has 0 unspecified atom stereocenters. The summed E-state index contributed by atoms with van der Waals surface area (Å²) in [6, 6.07) is 56.0. The molecule has 10 rings (SSSR count). The van der Waals surface area contributed by atoms with Crippen LogP contribution in [0.25, 0.3) is 76.5 Å². The van der Waals surface area contributed by atoms with Crippen molar-refractivity contribution in [1.29, 1.82) is 0 Å². The van der Waals surface area contributed by atoms with Crippen molar-refractivity contribution in [1.82, 2.24) is 30.0 Å². The van der Waals surface area contributed by atoms with Crippen molar-refractivity contribution < 1.29 is 30.0 Å². The molecule has 0 aliphatic heterocycles. The van der Waals surface area contributed by atoms with E-state index in [4.69, 9.17) is 0 Å². The molecule has 301 valence electrons. The molecule has 0 aliphatic rings.